The Bertz CT molecular complexity index is 1850. The van der Waals surface area contributed by atoms with Gasteiger partial charge in [0.25, 0.3) is 5.91 Å². The van der Waals surface area contributed by atoms with Crippen molar-refractivity contribution in [1.29, 1.82) is 0 Å². The van der Waals surface area contributed by atoms with Crippen LogP contribution in [0, 0.1) is 0 Å². The van der Waals surface area contributed by atoms with Gasteiger partial charge in [-0.2, -0.15) is 5.10 Å². The molecule has 0 spiro atoms. The van der Waals surface area contributed by atoms with Crippen LogP contribution in [0.25, 0.3) is 33.3 Å². The highest BCUT2D eigenvalue weighted by atomic mass is 16.5. The highest BCUT2D eigenvalue weighted by Crippen LogP contribution is 2.31. The van der Waals surface area contributed by atoms with E-state index in [1.807, 2.05) is 23.0 Å². The second-order valence-corrected chi connectivity index (χ2v) is 12.2. The summed E-state index contributed by atoms with van der Waals surface area (Å²) in [5.41, 5.74) is 9.69. The Morgan fingerprint density at radius 3 is 2.61 bits per heavy atom. The van der Waals surface area contributed by atoms with Crippen molar-refractivity contribution in [2.24, 2.45) is 0 Å². The number of nitrogens with one attached hydrogen (secondary N) is 2. The van der Waals surface area contributed by atoms with E-state index in [9.17, 15) is 9.59 Å². The molecule has 1 saturated heterocycles. The molecule has 15 heteroatoms. The van der Waals surface area contributed by atoms with E-state index in [4.69, 9.17) is 15.6 Å². The Hall–Kier alpha value is -5.02. The van der Waals surface area contributed by atoms with Crippen LogP contribution in [0.2, 0.25) is 0 Å². The fraction of sp³-hybridized carbons (Fsp3) is 0.471. The van der Waals surface area contributed by atoms with E-state index < -0.39 is 0 Å². The molecule has 0 bridgehead atoms. The van der Waals surface area contributed by atoms with Crippen molar-refractivity contribution in [2.75, 3.05) is 63.1 Å². The Labute approximate surface area is 284 Å². The average Bonchev–Trinajstić information content (AvgIpc) is 3.75. The molecule has 1 amide bonds. The summed E-state index contributed by atoms with van der Waals surface area (Å²) < 4.78 is 7.45. The van der Waals surface area contributed by atoms with Gasteiger partial charge in [0, 0.05) is 87.8 Å². The number of fused-ring (bicyclic) bond motifs is 2. The molecule has 0 atom stereocenters. The zero-order chi connectivity index (χ0) is 34.0. The maximum atomic E-state index is 12.5. The van der Waals surface area contributed by atoms with Gasteiger partial charge in [0.1, 0.15) is 29.3 Å². The smallest absolute Gasteiger partial charge is 0.254 e. The first-order chi connectivity index (χ1) is 24.0. The minimum atomic E-state index is -0.246. The molecule has 0 aliphatic carbocycles. The van der Waals surface area contributed by atoms with E-state index in [2.05, 4.69) is 51.9 Å². The van der Waals surface area contributed by atoms with Gasteiger partial charge in [0.05, 0.1) is 24.2 Å². The van der Waals surface area contributed by atoms with Crippen LogP contribution in [0.15, 0.2) is 43.2 Å². The molecule has 0 saturated carbocycles. The third-order valence-electron chi connectivity index (χ3n) is 8.71. The standard InChI is InChI=1S/C34H44N12O3/c1-2-11-44-13-15-45(16-14-44)34-39-21-26(22-40-34)33(48)37-10-18-49-17-8-27(47)6-4-3-5-12-46-32-28(30(35)41-23-42-32)29(43-46)25-19-24-7-9-36-31(24)38-20-25/h7,9,19-23H,2-6,8,10-18H2,1H3,(H,36,38)(H,37,48)(H2,35,41,42). The van der Waals surface area contributed by atoms with Crippen molar-refractivity contribution in [1.82, 2.24) is 49.9 Å². The lowest BCUT2D eigenvalue weighted by Gasteiger charge is -2.34. The number of pyridine rings is 1. The number of rotatable bonds is 17. The van der Waals surface area contributed by atoms with Crippen LogP contribution >= 0.6 is 0 Å². The summed E-state index contributed by atoms with van der Waals surface area (Å²) in [5.74, 6) is 0.946. The summed E-state index contributed by atoms with van der Waals surface area (Å²) in [6.45, 7) is 8.69. The number of hydrogen-bond acceptors (Lipinski definition) is 12. The van der Waals surface area contributed by atoms with Crippen LogP contribution in [-0.2, 0) is 16.1 Å². The second kappa shape index (κ2) is 16.4. The van der Waals surface area contributed by atoms with Crippen LogP contribution in [0.5, 0.6) is 0 Å². The Morgan fingerprint density at radius 1 is 0.959 bits per heavy atom. The topological polar surface area (TPSA) is 186 Å². The van der Waals surface area contributed by atoms with Crippen LogP contribution < -0.4 is 16.0 Å². The molecule has 0 radical (unpaired) electrons. The average molecular weight is 669 g/mol. The number of aromatic nitrogens is 8. The number of carbonyl (C=O) groups is 2. The zero-order valence-electron chi connectivity index (χ0n) is 28.0. The number of aryl methyl sites for hydroxylation is 1. The lowest BCUT2D eigenvalue weighted by Crippen LogP contribution is -2.47. The van der Waals surface area contributed by atoms with Gasteiger partial charge < -0.3 is 25.7 Å². The highest BCUT2D eigenvalue weighted by Gasteiger charge is 2.20. The summed E-state index contributed by atoms with van der Waals surface area (Å²) in [6, 6.07) is 3.99. The van der Waals surface area contributed by atoms with E-state index in [1.54, 1.807) is 18.6 Å². The van der Waals surface area contributed by atoms with Gasteiger partial charge in [0.15, 0.2) is 5.65 Å². The first-order valence-electron chi connectivity index (χ1n) is 17.1. The number of nitrogen functional groups attached to an aromatic ring is 1. The Balaban J connectivity index is 0.853. The lowest BCUT2D eigenvalue weighted by atomic mass is 10.1. The molecule has 1 aliphatic heterocycles. The fourth-order valence-corrected chi connectivity index (χ4v) is 6.06. The molecule has 0 unspecified atom stereocenters. The van der Waals surface area contributed by atoms with Gasteiger partial charge in [-0.05, 0) is 37.9 Å². The van der Waals surface area contributed by atoms with Crippen molar-refractivity contribution in [3.63, 3.8) is 0 Å². The maximum Gasteiger partial charge on any atom is 0.254 e. The number of Topliss-reactive ketones (excluding diaryl/α,β-unsaturated/α-hetero) is 1. The van der Waals surface area contributed by atoms with Crippen molar-refractivity contribution in [2.45, 2.75) is 52.0 Å². The molecule has 5 aromatic rings. The van der Waals surface area contributed by atoms with E-state index in [0.717, 1.165) is 75.0 Å². The number of nitrogens with two attached hydrogens (primary N) is 1. The number of aromatic amines is 1. The van der Waals surface area contributed by atoms with Crippen molar-refractivity contribution in [3.05, 3.63) is 48.8 Å². The SMILES string of the molecule is CCCN1CCN(c2ncc(C(=O)NCCOCCC(=O)CCCCCn3nc(-c4cnc5[nH]ccc5c4)c4c(N)ncnc43)cn2)CC1. The van der Waals surface area contributed by atoms with Crippen LogP contribution in [0.3, 0.4) is 0 Å². The van der Waals surface area contributed by atoms with Gasteiger partial charge >= 0.3 is 0 Å². The number of carbonyl (C=O) groups excluding carboxylic acids is 2. The van der Waals surface area contributed by atoms with Gasteiger partial charge in [-0.25, -0.2) is 29.6 Å². The predicted octanol–water partition coefficient (Wildman–Crippen LogP) is 3.24. The summed E-state index contributed by atoms with van der Waals surface area (Å²) in [4.78, 5) is 54.5. The summed E-state index contributed by atoms with van der Waals surface area (Å²) >= 11 is 0. The third kappa shape index (κ3) is 8.53. The van der Waals surface area contributed by atoms with Crippen molar-refractivity contribution < 1.29 is 14.3 Å². The predicted molar refractivity (Wildman–Crippen MR) is 187 cm³/mol. The molecule has 0 aromatic carbocycles. The number of unbranched alkanes of at least 4 members (excludes halogenated alkanes) is 2. The first kappa shape index (κ1) is 33.9. The van der Waals surface area contributed by atoms with E-state index in [1.165, 1.54) is 6.33 Å². The Kier molecular flexibility index (Phi) is 11.3. The molecule has 15 nitrogen and oxygen atoms in total. The molecule has 49 heavy (non-hydrogen) atoms. The van der Waals surface area contributed by atoms with Crippen LogP contribution in [0.1, 0.15) is 55.8 Å². The van der Waals surface area contributed by atoms with Gasteiger partial charge in [-0.15, -0.1) is 0 Å². The second-order valence-electron chi connectivity index (χ2n) is 12.2. The van der Waals surface area contributed by atoms with E-state index in [-0.39, 0.29) is 11.7 Å². The van der Waals surface area contributed by atoms with E-state index in [0.29, 0.717) is 73.2 Å². The number of ether oxygens (including phenoxy) is 1. The number of nitrogens with zero attached hydrogens (tertiary/aromatic N) is 9. The van der Waals surface area contributed by atoms with E-state index >= 15 is 0 Å². The quantitative estimate of drug-likeness (QED) is 0.123. The minimum absolute atomic E-state index is 0.160. The van der Waals surface area contributed by atoms with Crippen LogP contribution in [-0.4, -0.2) is 109 Å². The molecular formula is C34H44N12O3. The number of piperazine rings is 1. The van der Waals surface area contributed by atoms with Crippen molar-refractivity contribution in [3.8, 4) is 11.3 Å². The van der Waals surface area contributed by atoms with Crippen LogP contribution in [0.4, 0.5) is 11.8 Å². The minimum Gasteiger partial charge on any atom is -0.383 e. The van der Waals surface area contributed by atoms with Gasteiger partial charge in [0.2, 0.25) is 5.95 Å². The Morgan fingerprint density at radius 2 is 1.80 bits per heavy atom. The number of hydrogen-bond donors (Lipinski definition) is 3. The summed E-state index contributed by atoms with van der Waals surface area (Å²) in [6.07, 6.45) is 12.7. The molecule has 1 aliphatic rings. The molecule has 1 fully saturated rings. The molecule has 6 heterocycles. The van der Waals surface area contributed by atoms with Gasteiger partial charge in [-0.3, -0.25) is 14.5 Å². The number of ketones is 1. The fourth-order valence-electron chi connectivity index (χ4n) is 6.06. The lowest BCUT2D eigenvalue weighted by molar-refractivity contribution is -0.120. The highest BCUT2D eigenvalue weighted by molar-refractivity contribution is 5.99. The largest absolute Gasteiger partial charge is 0.383 e. The first-order valence-corrected chi connectivity index (χ1v) is 17.1. The number of H-pyrrole nitrogens is 1. The molecular weight excluding hydrogens is 624 g/mol. The summed E-state index contributed by atoms with van der Waals surface area (Å²) in [7, 11) is 0. The summed E-state index contributed by atoms with van der Waals surface area (Å²) in [5, 5.41) is 9.35. The molecule has 4 N–H and O–H groups in total. The molecule has 6 rings (SSSR count). The van der Waals surface area contributed by atoms with Gasteiger partial charge in [-0.1, -0.05) is 13.3 Å². The number of amides is 1. The zero-order valence-corrected chi connectivity index (χ0v) is 28.0. The van der Waals surface area contributed by atoms with Crippen molar-refractivity contribution >= 4 is 45.5 Å². The maximum absolute atomic E-state index is 12.5. The number of anilines is 2. The normalized spacial score (nSPS) is 13.8. The molecule has 5 aromatic heterocycles. The monoisotopic (exact) mass is 668 g/mol. The molecule has 258 valence electrons. The third-order valence-corrected chi connectivity index (χ3v) is 8.71.